The van der Waals surface area contributed by atoms with Gasteiger partial charge in [-0.1, -0.05) is 37.3 Å². The van der Waals surface area contributed by atoms with Gasteiger partial charge in [-0.3, -0.25) is 0 Å². The maximum Gasteiger partial charge on any atom is 0.192 e. The van der Waals surface area contributed by atoms with E-state index in [9.17, 15) is 0 Å². The molecular weight excluding hydrogens is 268 g/mol. The minimum Gasteiger partial charge on any atom is -0.374 e. The Labute approximate surface area is 126 Å². The summed E-state index contributed by atoms with van der Waals surface area (Å²) in [4.78, 5) is 0. The molecule has 1 spiro atoms. The highest BCUT2D eigenvalue weighted by molar-refractivity contribution is 5.13. The smallest absolute Gasteiger partial charge is 0.192 e. The first-order valence-corrected chi connectivity index (χ1v) is 7.79. The topological polar surface area (TPSA) is 36.9 Å². The number of ether oxygens (including phenoxy) is 4. The summed E-state index contributed by atoms with van der Waals surface area (Å²) in [7, 11) is 0. The molecule has 2 heterocycles. The van der Waals surface area contributed by atoms with Crippen LogP contribution in [0.1, 0.15) is 31.7 Å². The molecule has 2 saturated heterocycles. The number of rotatable bonds is 5. The van der Waals surface area contributed by atoms with E-state index in [-0.39, 0.29) is 5.60 Å². The van der Waals surface area contributed by atoms with Crippen LogP contribution >= 0.6 is 0 Å². The van der Waals surface area contributed by atoms with Crippen molar-refractivity contribution < 1.29 is 18.9 Å². The molecule has 116 valence electrons. The molecule has 4 nitrogen and oxygen atoms in total. The lowest BCUT2D eigenvalue weighted by molar-refractivity contribution is -0.305. The molecule has 2 unspecified atom stereocenters. The lowest BCUT2D eigenvalue weighted by Gasteiger charge is -2.36. The highest BCUT2D eigenvalue weighted by Crippen LogP contribution is 2.42. The summed E-state index contributed by atoms with van der Waals surface area (Å²) in [6.07, 6.45) is 2.77. The number of benzene rings is 1. The lowest BCUT2D eigenvalue weighted by atomic mass is 9.97. The Morgan fingerprint density at radius 2 is 2.00 bits per heavy atom. The molecule has 1 aromatic rings. The van der Waals surface area contributed by atoms with Crippen molar-refractivity contribution in [3.63, 3.8) is 0 Å². The van der Waals surface area contributed by atoms with E-state index >= 15 is 0 Å². The Balaban J connectivity index is 1.55. The van der Waals surface area contributed by atoms with Gasteiger partial charge >= 0.3 is 0 Å². The van der Waals surface area contributed by atoms with Crippen molar-refractivity contribution in [1.82, 2.24) is 0 Å². The second-order valence-corrected chi connectivity index (χ2v) is 5.93. The largest absolute Gasteiger partial charge is 0.374 e. The lowest BCUT2D eigenvalue weighted by Crippen LogP contribution is -2.46. The minimum atomic E-state index is -0.537. The fourth-order valence-corrected chi connectivity index (χ4v) is 3.06. The second-order valence-electron chi connectivity index (χ2n) is 5.93. The van der Waals surface area contributed by atoms with E-state index in [0.29, 0.717) is 33.0 Å². The van der Waals surface area contributed by atoms with E-state index < -0.39 is 5.79 Å². The average Bonchev–Trinajstić information content (AvgIpc) is 2.88. The molecule has 2 fully saturated rings. The highest BCUT2D eigenvalue weighted by Gasteiger charge is 2.50. The summed E-state index contributed by atoms with van der Waals surface area (Å²) >= 11 is 0. The Bertz CT molecular complexity index is 441. The predicted molar refractivity (Wildman–Crippen MR) is 78.9 cm³/mol. The third-order valence-electron chi connectivity index (χ3n) is 4.40. The molecule has 0 amide bonds. The van der Waals surface area contributed by atoms with Crippen LogP contribution in [0, 0.1) is 0 Å². The van der Waals surface area contributed by atoms with Gasteiger partial charge in [0.2, 0.25) is 0 Å². The first-order valence-electron chi connectivity index (χ1n) is 7.79. The summed E-state index contributed by atoms with van der Waals surface area (Å²) in [5, 5.41) is 0. The first kappa shape index (κ1) is 15.0. The fraction of sp³-hybridized carbons (Fsp3) is 0.647. The molecule has 0 aliphatic carbocycles. The van der Waals surface area contributed by atoms with Crippen LogP contribution in [-0.2, 0) is 25.6 Å². The molecule has 2 atom stereocenters. The van der Waals surface area contributed by atoms with Crippen LogP contribution in [0.5, 0.6) is 0 Å². The van der Waals surface area contributed by atoms with Gasteiger partial charge in [0.25, 0.3) is 0 Å². The predicted octanol–water partition coefficient (Wildman–Crippen LogP) is 2.91. The minimum absolute atomic E-state index is 0.241. The van der Waals surface area contributed by atoms with Gasteiger partial charge in [-0.05, 0) is 18.4 Å². The van der Waals surface area contributed by atoms with Gasteiger partial charge in [-0.25, -0.2) is 0 Å². The standard InChI is InChI=1S/C17H24O4/c1-2-16(13-19-12-15-6-4-3-5-7-15)8-9-17(21-16)14-18-10-11-20-17/h3-7H,2,8-14H2,1H3. The van der Waals surface area contributed by atoms with Crippen LogP contribution in [0.3, 0.4) is 0 Å². The van der Waals surface area contributed by atoms with E-state index in [1.54, 1.807) is 0 Å². The Hall–Kier alpha value is -0.940. The highest BCUT2D eigenvalue weighted by atomic mass is 16.7. The molecule has 3 rings (SSSR count). The fourth-order valence-electron chi connectivity index (χ4n) is 3.06. The van der Waals surface area contributed by atoms with Gasteiger partial charge in [-0.2, -0.15) is 0 Å². The monoisotopic (exact) mass is 292 g/mol. The molecule has 0 radical (unpaired) electrons. The van der Waals surface area contributed by atoms with Crippen molar-refractivity contribution >= 4 is 0 Å². The summed E-state index contributed by atoms with van der Waals surface area (Å²) < 4.78 is 23.6. The van der Waals surface area contributed by atoms with Crippen LogP contribution in [0.2, 0.25) is 0 Å². The maximum atomic E-state index is 6.29. The molecule has 1 aromatic carbocycles. The molecule has 21 heavy (non-hydrogen) atoms. The molecule has 0 aromatic heterocycles. The molecule has 0 bridgehead atoms. The van der Waals surface area contributed by atoms with Crippen LogP contribution < -0.4 is 0 Å². The third-order valence-corrected chi connectivity index (χ3v) is 4.40. The second kappa shape index (κ2) is 6.44. The maximum absolute atomic E-state index is 6.29. The van der Waals surface area contributed by atoms with E-state index in [1.807, 2.05) is 18.2 Å². The molecule has 4 heteroatoms. The Morgan fingerprint density at radius 3 is 2.71 bits per heavy atom. The zero-order valence-electron chi connectivity index (χ0n) is 12.7. The van der Waals surface area contributed by atoms with Gasteiger partial charge < -0.3 is 18.9 Å². The van der Waals surface area contributed by atoms with Crippen molar-refractivity contribution in [2.24, 2.45) is 0 Å². The van der Waals surface area contributed by atoms with Crippen LogP contribution in [-0.4, -0.2) is 37.8 Å². The van der Waals surface area contributed by atoms with E-state index in [0.717, 1.165) is 19.3 Å². The normalized spacial score (nSPS) is 32.6. The van der Waals surface area contributed by atoms with Crippen LogP contribution in [0.4, 0.5) is 0 Å². The molecule has 2 aliphatic rings. The zero-order valence-corrected chi connectivity index (χ0v) is 12.7. The van der Waals surface area contributed by atoms with Gasteiger partial charge in [0, 0.05) is 6.42 Å². The van der Waals surface area contributed by atoms with Crippen molar-refractivity contribution in [2.45, 2.75) is 44.2 Å². The number of hydrogen-bond donors (Lipinski definition) is 0. The van der Waals surface area contributed by atoms with Crippen molar-refractivity contribution in [1.29, 1.82) is 0 Å². The quantitative estimate of drug-likeness (QED) is 0.836. The van der Waals surface area contributed by atoms with Crippen molar-refractivity contribution in [3.8, 4) is 0 Å². The molecule has 2 aliphatic heterocycles. The summed E-state index contributed by atoms with van der Waals surface area (Å²) in [5.41, 5.74) is 0.948. The average molecular weight is 292 g/mol. The Kier molecular flexibility index (Phi) is 4.60. The van der Waals surface area contributed by atoms with E-state index in [1.165, 1.54) is 5.56 Å². The van der Waals surface area contributed by atoms with Crippen molar-refractivity contribution in [3.05, 3.63) is 35.9 Å². The Morgan fingerprint density at radius 1 is 1.14 bits per heavy atom. The number of hydrogen-bond acceptors (Lipinski definition) is 4. The first-order chi connectivity index (χ1) is 10.3. The van der Waals surface area contributed by atoms with E-state index in [4.69, 9.17) is 18.9 Å². The van der Waals surface area contributed by atoms with Gasteiger partial charge in [0.05, 0.1) is 32.0 Å². The van der Waals surface area contributed by atoms with Crippen molar-refractivity contribution in [2.75, 3.05) is 26.4 Å². The third kappa shape index (κ3) is 3.46. The molecule has 0 N–H and O–H groups in total. The van der Waals surface area contributed by atoms with Gasteiger partial charge in [0.1, 0.15) is 6.61 Å². The summed E-state index contributed by atoms with van der Waals surface area (Å²) in [6.45, 7) is 5.18. The van der Waals surface area contributed by atoms with Crippen LogP contribution in [0.15, 0.2) is 30.3 Å². The summed E-state index contributed by atoms with van der Waals surface area (Å²) in [6, 6.07) is 10.2. The van der Waals surface area contributed by atoms with E-state index in [2.05, 4.69) is 19.1 Å². The SMILES string of the molecule is CCC1(COCc2ccccc2)CCC2(COCCO2)O1. The van der Waals surface area contributed by atoms with Gasteiger partial charge in [0.15, 0.2) is 5.79 Å². The molecule has 0 saturated carbocycles. The van der Waals surface area contributed by atoms with Gasteiger partial charge in [-0.15, -0.1) is 0 Å². The zero-order chi connectivity index (χ0) is 14.6. The van der Waals surface area contributed by atoms with Crippen LogP contribution in [0.25, 0.3) is 0 Å². The molecular formula is C17H24O4. The summed E-state index contributed by atoms with van der Waals surface area (Å²) in [5.74, 6) is -0.537.